The Morgan fingerprint density at radius 3 is 2.76 bits per heavy atom. The highest BCUT2D eigenvalue weighted by molar-refractivity contribution is 5.69. The number of benzene rings is 1. The molecule has 0 spiro atoms. The van der Waals surface area contributed by atoms with Crippen LogP contribution < -0.4 is 5.32 Å². The van der Waals surface area contributed by atoms with Gasteiger partial charge in [-0.05, 0) is 12.5 Å². The van der Waals surface area contributed by atoms with Crippen molar-refractivity contribution >= 4 is 5.97 Å². The standard InChI is InChI=1S/C13H19NO3/c1-2-17-13(16)8-12(15)10-14-9-11-6-4-3-5-7-11/h3-7,12,14-15H,2,8-10H2,1H3/t12-/m0/s1. The van der Waals surface area contributed by atoms with Crippen molar-refractivity contribution < 1.29 is 14.6 Å². The number of hydrogen-bond acceptors (Lipinski definition) is 4. The molecule has 0 saturated carbocycles. The lowest BCUT2D eigenvalue weighted by atomic mass is 10.2. The highest BCUT2D eigenvalue weighted by Gasteiger charge is 2.10. The number of hydrogen-bond donors (Lipinski definition) is 2. The van der Waals surface area contributed by atoms with Crippen LogP contribution in [0.2, 0.25) is 0 Å². The van der Waals surface area contributed by atoms with Crippen LogP contribution in [0.1, 0.15) is 18.9 Å². The SMILES string of the molecule is CCOC(=O)C[C@H](O)CNCc1ccccc1. The van der Waals surface area contributed by atoms with Crippen LogP contribution in [-0.4, -0.2) is 30.3 Å². The maximum Gasteiger partial charge on any atom is 0.308 e. The first kappa shape index (κ1) is 13.7. The van der Waals surface area contributed by atoms with Crippen molar-refractivity contribution in [2.24, 2.45) is 0 Å². The Balaban J connectivity index is 2.16. The monoisotopic (exact) mass is 237 g/mol. The van der Waals surface area contributed by atoms with E-state index in [1.54, 1.807) is 6.92 Å². The zero-order valence-electron chi connectivity index (χ0n) is 10.1. The second-order valence-corrected chi connectivity index (χ2v) is 3.78. The van der Waals surface area contributed by atoms with Crippen LogP contribution in [0, 0.1) is 0 Å². The van der Waals surface area contributed by atoms with E-state index in [-0.39, 0.29) is 12.4 Å². The molecule has 0 aliphatic heterocycles. The van der Waals surface area contributed by atoms with Crippen LogP contribution in [0.3, 0.4) is 0 Å². The third-order valence-corrected chi connectivity index (χ3v) is 2.26. The van der Waals surface area contributed by atoms with Crippen LogP contribution in [0.25, 0.3) is 0 Å². The summed E-state index contributed by atoms with van der Waals surface area (Å²) >= 11 is 0. The number of aliphatic hydroxyl groups excluding tert-OH is 1. The highest BCUT2D eigenvalue weighted by Crippen LogP contribution is 1.98. The summed E-state index contributed by atoms with van der Waals surface area (Å²) in [4.78, 5) is 11.1. The fraction of sp³-hybridized carbons (Fsp3) is 0.462. The Morgan fingerprint density at radius 1 is 1.41 bits per heavy atom. The van der Waals surface area contributed by atoms with Gasteiger partial charge in [-0.15, -0.1) is 0 Å². The Morgan fingerprint density at radius 2 is 2.12 bits per heavy atom. The minimum absolute atomic E-state index is 0.0373. The number of nitrogens with one attached hydrogen (secondary N) is 1. The largest absolute Gasteiger partial charge is 0.466 e. The van der Waals surface area contributed by atoms with Crippen molar-refractivity contribution in [2.45, 2.75) is 26.0 Å². The van der Waals surface area contributed by atoms with E-state index in [0.29, 0.717) is 19.7 Å². The molecular formula is C13H19NO3. The van der Waals surface area contributed by atoms with Gasteiger partial charge in [-0.1, -0.05) is 30.3 Å². The van der Waals surface area contributed by atoms with E-state index < -0.39 is 6.10 Å². The average molecular weight is 237 g/mol. The molecule has 1 rings (SSSR count). The molecule has 1 aromatic rings. The average Bonchev–Trinajstić information content (AvgIpc) is 2.30. The maximum absolute atomic E-state index is 11.1. The van der Waals surface area contributed by atoms with Gasteiger partial charge in [-0.3, -0.25) is 4.79 Å². The Bertz CT molecular complexity index is 327. The predicted molar refractivity (Wildman–Crippen MR) is 65.4 cm³/mol. The van der Waals surface area contributed by atoms with Crippen molar-refractivity contribution in [1.82, 2.24) is 5.32 Å². The minimum Gasteiger partial charge on any atom is -0.466 e. The molecule has 2 N–H and O–H groups in total. The topological polar surface area (TPSA) is 58.6 Å². The van der Waals surface area contributed by atoms with Gasteiger partial charge in [0.05, 0.1) is 19.1 Å². The second-order valence-electron chi connectivity index (χ2n) is 3.78. The number of carbonyl (C=O) groups excluding carboxylic acids is 1. The summed E-state index contributed by atoms with van der Waals surface area (Å²) < 4.78 is 4.75. The minimum atomic E-state index is -0.697. The smallest absolute Gasteiger partial charge is 0.308 e. The summed E-state index contributed by atoms with van der Waals surface area (Å²) in [5.41, 5.74) is 1.15. The molecule has 0 aliphatic rings. The third kappa shape index (κ3) is 6.04. The number of rotatable bonds is 7. The van der Waals surface area contributed by atoms with Crippen LogP contribution in [0.4, 0.5) is 0 Å². The molecule has 4 heteroatoms. The van der Waals surface area contributed by atoms with Gasteiger partial charge in [-0.25, -0.2) is 0 Å². The van der Waals surface area contributed by atoms with E-state index in [4.69, 9.17) is 4.74 Å². The molecule has 0 aliphatic carbocycles. The first-order chi connectivity index (χ1) is 8.22. The first-order valence-corrected chi connectivity index (χ1v) is 5.80. The number of esters is 1. The highest BCUT2D eigenvalue weighted by atomic mass is 16.5. The maximum atomic E-state index is 11.1. The summed E-state index contributed by atoms with van der Waals surface area (Å²) in [6.07, 6.45) is -0.659. The second kappa shape index (κ2) is 7.81. The van der Waals surface area contributed by atoms with E-state index in [1.807, 2.05) is 30.3 Å². The molecule has 0 amide bonds. The molecule has 0 radical (unpaired) electrons. The first-order valence-electron chi connectivity index (χ1n) is 5.80. The van der Waals surface area contributed by atoms with Crippen molar-refractivity contribution in [1.29, 1.82) is 0 Å². The van der Waals surface area contributed by atoms with Gasteiger partial charge in [0, 0.05) is 13.1 Å². The van der Waals surface area contributed by atoms with Gasteiger partial charge in [0.1, 0.15) is 0 Å². The molecule has 0 bridgehead atoms. The van der Waals surface area contributed by atoms with E-state index in [9.17, 15) is 9.90 Å². The molecule has 1 aromatic carbocycles. The van der Waals surface area contributed by atoms with Gasteiger partial charge in [0.15, 0.2) is 0 Å². The molecule has 4 nitrogen and oxygen atoms in total. The zero-order chi connectivity index (χ0) is 12.5. The molecule has 17 heavy (non-hydrogen) atoms. The number of carbonyl (C=O) groups is 1. The Kier molecular flexibility index (Phi) is 6.29. The molecule has 0 fully saturated rings. The Labute approximate surface area is 102 Å². The summed E-state index contributed by atoms with van der Waals surface area (Å²) in [7, 11) is 0. The fourth-order valence-corrected chi connectivity index (χ4v) is 1.46. The Hall–Kier alpha value is -1.39. The van der Waals surface area contributed by atoms with Crippen molar-refractivity contribution in [3.05, 3.63) is 35.9 Å². The van der Waals surface area contributed by atoms with E-state index in [2.05, 4.69) is 5.32 Å². The van der Waals surface area contributed by atoms with Crippen LogP contribution in [-0.2, 0) is 16.1 Å². The molecule has 0 aromatic heterocycles. The molecule has 1 atom stereocenters. The zero-order valence-corrected chi connectivity index (χ0v) is 10.1. The summed E-state index contributed by atoms with van der Waals surface area (Å²) in [5.74, 6) is -0.360. The molecule has 0 unspecified atom stereocenters. The summed E-state index contributed by atoms with van der Waals surface area (Å²) in [6, 6.07) is 9.90. The van der Waals surface area contributed by atoms with E-state index in [1.165, 1.54) is 0 Å². The number of aliphatic hydroxyl groups is 1. The fourth-order valence-electron chi connectivity index (χ4n) is 1.46. The van der Waals surface area contributed by atoms with E-state index >= 15 is 0 Å². The lowest BCUT2D eigenvalue weighted by Gasteiger charge is -2.11. The summed E-state index contributed by atoms with van der Waals surface area (Å²) in [6.45, 7) is 3.16. The van der Waals surface area contributed by atoms with Crippen molar-refractivity contribution in [2.75, 3.05) is 13.2 Å². The molecule has 94 valence electrons. The lowest BCUT2D eigenvalue weighted by molar-refractivity contribution is -0.145. The summed E-state index contributed by atoms with van der Waals surface area (Å²) in [5, 5.41) is 12.7. The van der Waals surface area contributed by atoms with E-state index in [0.717, 1.165) is 5.56 Å². The van der Waals surface area contributed by atoms with Gasteiger partial charge >= 0.3 is 5.97 Å². The molecular weight excluding hydrogens is 218 g/mol. The van der Waals surface area contributed by atoms with Crippen LogP contribution in [0.5, 0.6) is 0 Å². The number of ether oxygens (including phenoxy) is 1. The normalized spacial score (nSPS) is 12.1. The van der Waals surface area contributed by atoms with Crippen molar-refractivity contribution in [3.8, 4) is 0 Å². The van der Waals surface area contributed by atoms with Gasteiger partial charge in [0.25, 0.3) is 0 Å². The third-order valence-electron chi connectivity index (χ3n) is 2.26. The van der Waals surface area contributed by atoms with Gasteiger partial charge in [0.2, 0.25) is 0 Å². The van der Waals surface area contributed by atoms with Crippen LogP contribution >= 0.6 is 0 Å². The van der Waals surface area contributed by atoms with Crippen molar-refractivity contribution in [3.63, 3.8) is 0 Å². The lowest BCUT2D eigenvalue weighted by Crippen LogP contribution is -2.29. The molecule has 0 heterocycles. The quantitative estimate of drug-likeness (QED) is 0.697. The predicted octanol–water partition coefficient (Wildman–Crippen LogP) is 1.09. The van der Waals surface area contributed by atoms with Gasteiger partial charge in [-0.2, -0.15) is 0 Å². The van der Waals surface area contributed by atoms with Crippen LogP contribution in [0.15, 0.2) is 30.3 Å². The molecule has 0 saturated heterocycles. The van der Waals surface area contributed by atoms with Gasteiger partial charge < -0.3 is 15.2 Å².